The predicted octanol–water partition coefficient (Wildman–Crippen LogP) is 0.561. The molecule has 3 fully saturated rings. The first kappa shape index (κ1) is 17.9. The molecular weight excluding hydrogens is 356 g/mol. The van der Waals surface area contributed by atoms with E-state index < -0.39 is 23.5 Å². The lowest BCUT2D eigenvalue weighted by Crippen LogP contribution is -2.51. The Morgan fingerprint density at radius 2 is 1.81 bits per heavy atom. The van der Waals surface area contributed by atoms with Crippen LogP contribution in [0.15, 0.2) is 18.2 Å². The van der Waals surface area contributed by atoms with Crippen LogP contribution in [0.25, 0.3) is 0 Å². The summed E-state index contributed by atoms with van der Waals surface area (Å²) in [5.74, 6) is -3.07. The van der Waals surface area contributed by atoms with Crippen LogP contribution in [0.5, 0.6) is 5.75 Å². The molecule has 3 aliphatic rings. The van der Waals surface area contributed by atoms with Crippen LogP contribution in [0.4, 0.5) is 5.69 Å². The highest BCUT2D eigenvalue weighted by Crippen LogP contribution is 2.35. The number of ether oxygens (including phenoxy) is 2. The van der Waals surface area contributed by atoms with Crippen molar-refractivity contribution in [2.75, 3.05) is 31.2 Å². The average Bonchev–Trinajstić information content (AvgIpc) is 3.20. The number of anilines is 1. The van der Waals surface area contributed by atoms with Crippen LogP contribution in [-0.4, -0.2) is 71.0 Å². The van der Waals surface area contributed by atoms with Crippen molar-refractivity contribution >= 4 is 23.5 Å². The second-order valence-electron chi connectivity index (χ2n) is 6.94. The van der Waals surface area contributed by atoms with Crippen molar-refractivity contribution in [3.05, 3.63) is 23.8 Å². The third-order valence-corrected chi connectivity index (χ3v) is 5.41. The van der Waals surface area contributed by atoms with Gasteiger partial charge in [-0.15, -0.1) is 0 Å². The molecule has 9 heteroatoms. The van der Waals surface area contributed by atoms with Gasteiger partial charge in [0.25, 0.3) is 5.91 Å². The normalized spacial score (nSPS) is 25.5. The average molecular weight is 376 g/mol. The molecule has 0 aliphatic carbocycles. The number of carbonyl (C=O) groups excluding carboxylic acids is 2. The number of aromatic carboxylic acids is 1. The van der Waals surface area contributed by atoms with Crippen LogP contribution < -0.4 is 4.90 Å². The summed E-state index contributed by atoms with van der Waals surface area (Å²) in [5, 5.41) is 18.8. The lowest BCUT2D eigenvalue weighted by atomic mass is 10.0. The van der Waals surface area contributed by atoms with Crippen LogP contribution >= 0.6 is 0 Å². The number of carbonyl (C=O) groups is 3. The van der Waals surface area contributed by atoms with Gasteiger partial charge in [0.2, 0.25) is 5.91 Å². The highest BCUT2D eigenvalue weighted by Gasteiger charge is 2.47. The van der Waals surface area contributed by atoms with E-state index in [4.69, 9.17) is 14.6 Å². The number of piperidine rings is 1. The molecule has 0 aromatic heterocycles. The second-order valence-corrected chi connectivity index (χ2v) is 6.94. The smallest absolute Gasteiger partial charge is 0.339 e. The Kier molecular flexibility index (Phi) is 4.37. The molecule has 2 amide bonds. The van der Waals surface area contributed by atoms with Crippen LogP contribution in [0.2, 0.25) is 0 Å². The molecule has 4 rings (SSSR count). The number of carboxylic acid groups (broad SMARTS) is 1. The van der Waals surface area contributed by atoms with Crippen molar-refractivity contribution in [3.63, 3.8) is 0 Å². The molecule has 27 heavy (non-hydrogen) atoms. The van der Waals surface area contributed by atoms with Crippen molar-refractivity contribution in [2.24, 2.45) is 0 Å². The molecule has 3 aliphatic heterocycles. The maximum Gasteiger partial charge on any atom is 0.339 e. The van der Waals surface area contributed by atoms with E-state index in [2.05, 4.69) is 0 Å². The largest absolute Gasteiger partial charge is 0.507 e. The van der Waals surface area contributed by atoms with E-state index in [9.17, 15) is 19.5 Å². The SMILES string of the molecule is O=C(O)c1ccc(N2C(=O)CC(N3CCC4(CC3)OCCO4)C2=O)cc1O. The van der Waals surface area contributed by atoms with Crippen LogP contribution in [-0.2, 0) is 19.1 Å². The predicted molar refractivity (Wildman–Crippen MR) is 91.4 cm³/mol. The molecule has 1 atom stereocenters. The first-order chi connectivity index (χ1) is 12.9. The van der Waals surface area contributed by atoms with Gasteiger partial charge in [-0.05, 0) is 12.1 Å². The molecule has 144 valence electrons. The zero-order valence-corrected chi connectivity index (χ0v) is 14.6. The minimum atomic E-state index is -1.28. The fourth-order valence-electron chi connectivity index (χ4n) is 3.97. The molecule has 0 bridgehead atoms. The number of likely N-dealkylation sites (tertiary alicyclic amines) is 1. The second kappa shape index (κ2) is 6.59. The molecule has 1 unspecified atom stereocenters. The highest BCUT2D eigenvalue weighted by molar-refractivity contribution is 6.22. The summed E-state index contributed by atoms with van der Waals surface area (Å²) < 4.78 is 11.4. The third-order valence-electron chi connectivity index (χ3n) is 5.41. The Hall–Kier alpha value is -2.49. The lowest BCUT2D eigenvalue weighted by molar-refractivity contribution is -0.188. The van der Waals surface area contributed by atoms with Gasteiger partial charge in [-0.25, -0.2) is 9.69 Å². The number of imide groups is 1. The zero-order valence-electron chi connectivity index (χ0n) is 14.6. The molecule has 9 nitrogen and oxygen atoms in total. The van der Waals surface area contributed by atoms with E-state index in [1.165, 1.54) is 12.1 Å². The topological polar surface area (TPSA) is 117 Å². The van der Waals surface area contributed by atoms with Gasteiger partial charge in [0, 0.05) is 32.0 Å². The Morgan fingerprint density at radius 3 is 2.41 bits per heavy atom. The summed E-state index contributed by atoms with van der Waals surface area (Å²) in [6, 6.07) is 3.10. The van der Waals surface area contributed by atoms with Crippen LogP contribution in [0, 0.1) is 0 Å². The molecule has 1 aromatic rings. The number of hydrogen-bond donors (Lipinski definition) is 2. The summed E-state index contributed by atoms with van der Waals surface area (Å²) >= 11 is 0. The van der Waals surface area contributed by atoms with Gasteiger partial charge in [0.05, 0.1) is 31.4 Å². The highest BCUT2D eigenvalue weighted by atomic mass is 16.7. The lowest BCUT2D eigenvalue weighted by Gasteiger charge is -2.39. The third kappa shape index (κ3) is 3.07. The molecule has 0 saturated carbocycles. The number of benzene rings is 1. The molecule has 2 N–H and O–H groups in total. The molecule has 3 saturated heterocycles. The van der Waals surface area contributed by atoms with E-state index in [-0.39, 0.29) is 29.5 Å². The van der Waals surface area contributed by atoms with Crippen molar-refractivity contribution in [1.29, 1.82) is 0 Å². The first-order valence-corrected chi connectivity index (χ1v) is 8.85. The number of nitrogens with zero attached hydrogens (tertiary/aromatic N) is 2. The molecular formula is C18H20N2O7. The molecule has 3 heterocycles. The Morgan fingerprint density at radius 1 is 1.15 bits per heavy atom. The molecule has 0 radical (unpaired) electrons. The number of aromatic hydroxyl groups is 1. The quantitative estimate of drug-likeness (QED) is 0.735. The van der Waals surface area contributed by atoms with Crippen LogP contribution in [0.3, 0.4) is 0 Å². The van der Waals surface area contributed by atoms with E-state index in [0.29, 0.717) is 39.1 Å². The summed E-state index contributed by atoms with van der Waals surface area (Å²) in [6.07, 6.45) is 1.33. The van der Waals surface area contributed by atoms with Crippen molar-refractivity contribution < 1.29 is 34.1 Å². The van der Waals surface area contributed by atoms with E-state index in [0.717, 1.165) is 11.0 Å². The fraction of sp³-hybridized carbons (Fsp3) is 0.500. The minimum absolute atomic E-state index is 0.0506. The summed E-state index contributed by atoms with van der Waals surface area (Å²) in [7, 11) is 0. The Bertz CT molecular complexity index is 793. The molecule has 1 aromatic carbocycles. The number of phenols is 1. The Labute approximate surface area is 155 Å². The van der Waals surface area contributed by atoms with Gasteiger partial charge < -0.3 is 19.7 Å². The minimum Gasteiger partial charge on any atom is -0.507 e. The number of hydrogen-bond acceptors (Lipinski definition) is 7. The van der Waals surface area contributed by atoms with Gasteiger partial charge in [0.1, 0.15) is 11.3 Å². The standard InChI is InChI=1S/C18H20N2O7/c21-14-9-11(1-2-12(14)17(24)25)20-15(22)10-13(16(20)23)19-5-3-18(4-6-19)26-7-8-27-18/h1-2,9,13,21H,3-8,10H2,(H,24,25). The maximum atomic E-state index is 12.9. The monoisotopic (exact) mass is 376 g/mol. The van der Waals surface area contributed by atoms with E-state index in [1.54, 1.807) is 0 Å². The number of carboxylic acids is 1. The Balaban J connectivity index is 1.49. The van der Waals surface area contributed by atoms with Gasteiger partial charge in [-0.3, -0.25) is 14.5 Å². The number of amides is 2. The maximum absolute atomic E-state index is 12.9. The van der Waals surface area contributed by atoms with E-state index >= 15 is 0 Å². The number of rotatable bonds is 3. The summed E-state index contributed by atoms with van der Waals surface area (Å²) in [6.45, 7) is 2.32. The van der Waals surface area contributed by atoms with Crippen molar-refractivity contribution in [1.82, 2.24) is 4.90 Å². The van der Waals surface area contributed by atoms with Gasteiger partial charge in [-0.2, -0.15) is 0 Å². The summed E-state index contributed by atoms with van der Waals surface area (Å²) in [4.78, 5) is 39.3. The van der Waals surface area contributed by atoms with Gasteiger partial charge in [-0.1, -0.05) is 0 Å². The fourth-order valence-corrected chi connectivity index (χ4v) is 3.97. The zero-order chi connectivity index (χ0) is 19.2. The molecule has 1 spiro atoms. The van der Waals surface area contributed by atoms with Crippen molar-refractivity contribution in [3.8, 4) is 5.75 Å². The van der Waals surface area contributed by atoms with Crippen LogP contribution in [0.1, 0.15) is 29.6 Å². The van der Waals surface area contributed by atoms with Gasteiger partial charge >= 0.3 is 5.97 Å². The van der Waals surface area contributed by atoms with Crippen molar-refractivity contribution in [2.45, 2.75) is 31.1 Å². The van der Waals surface area contributed by atoms with Gasteiger partial charge in [0.15, 0.2) is 5.79 Å². The first-order valence-electron chi connectivity index (χ1n) is 8.85. The summed E-state index contributed by atoms with van der Waals surface area (Å²) in [5.41, 5.74) is -0.113. The van der Waals surface area contributed by atoms with E-state index in [1.807, 2.05) is 4.90 Å².